The van der Waals surface area contributed by atoms with Crippen molar-refractivity contribution in [1.82, 2.24) is 0 Å². The summed E-state index contributed by atoms with van der Waals surface area (Å²) in [5.74, 6) is 0. The lowest BCUT2D eigenvalue weighted by Crippen LogP contribution is -1.95. The summed E-state index contributed by atoms with van der Waals surface area (Å²) < 4.78 is 3.50. The van der Waals surface area contributed by atoms with Gasteiger partial charge in [-0.25, -0.2) is 0 Å². The molecule has 3 heterocycles. The van der Waals surface area contributed by atoms with Crippen LogP contribution in [0, 0.1) is 0 Å². The molecule has 0 spiro atoms. The number of hydrogen-bond acceptors (Lipinski definition) is 4. The molecule has 5 heteroatoms. The highest BCUT2D eigenvalue weighted by molar-refractivity contribution is 9.10. The Hall–Kier alpha value is -0.200. The van der Waals surface area contributed by atoms with Crippen molar-refractivity contribution in [2.24, 2.45) is 0 Å². The van der Waals surface area contributed by atoms with Crippen LogP contribution in [0.15, 0.2) is 32.7 Å². The van der Waals surface area contributed by atoms with E-state index in [1.165, 1.54) is 9.40 Å². The first-order chi connectivity index (χ1) is 7.75. The van der Waals surface area contributed by atoms with Crippen LogP contribution in [0.25, 0.3) is 9.40 Å². The van der Waals surface area contributed by atoms with Crippen molar-refractivity contribution in [3.8, 4) is 0 Å². The number of aliphatic hydroxyl groups excluding tert-OH is 1. The van der Waals surface area contributed by atoms with Gasteiger partial charge < -0.3 is 5.11 Å². The van der Waals surface area contributed by atoms with Crippen LogP contribution >= 0.6 is 49.9 Å². The highest BCUT2D eigenvalue weighted by Gasteiger charge is 2.17. The van der Waals surface area contributed by atoms with Crippen LogP contribution < -0.4 is 0 Å². The van der Waals surface area contributed by atoms with Crippen LogP contribution in [0.1, 0.15) is 16.5 Å². The zero-order valence-corrected chi connectivity index (χ0v) is 12.0. The summed E-state index contributed by atoms with van der Waals surface area (Å²) in [7, 11) is 0. The summed E-state index contributed by atoms with van der Waals surface area (Å²) in [6, 6.07) is 4.18. The van der Waals surface area contributed by atoms with Gasteiger partial charge in [0.2, 0.25) is 0 Å². The molecule has 0 bridgehead atoms. The second-order valence-corrected chi connectivity index (χ2v) is 7.04. The SMILES string of the molecule is OC(c1cc2sccc2s1)c1cscc1Br. The second kappa shape index (κ2) is 4.23. The van der Waals surface area contributed by atoms with Crippen molar-refractivity contribution >= 4 is 59.3 Å². The Morgan fingerprint density at radius 2 is 2.12 bits per heavy atom. The van der Waals surface area contributed by atoms with Gasteiger partial charge in [-0.2, -0.15) is 11.3 Å². The summed E-state index contributed by atoms with van der Waals surface area (Å²) in [6.07, 6.45) is -0.509. The molecular formula is C11H7BrOS3. The minimum atomic E-state index is -0.509. The fourth-order valence-corrected chi connectivity index (χ4v) is 5.22. The monoisotopic (exact) mass is 330 g/mol. The lowest BCUT2D eigenvalue weighted by atomic mass is 10.2. The van der Waals surface area contributed by atoms with E-state index in [4.69, 9.17) is 0 Å². The average Bonchev–Trinajstić information content (AvgIpc) is 2.89. The van der Waals surface area contributed by atoms with Gasteiger partial charge in [0.25, 0.3) is 0 Å². The molecule has 1 unspecified atom stereocenters. The molecule has 16 heavy (non-hydrogen) atoms. The maximum absolute atomic E-state index is 10.3. The molecule has 3 aromatic heterocycles. The summed E-state index contributed by atoms with van der Waals surface area (Å²) in [5, 5.41) is 16.3. The van der Waals surface area contributed by atoms with Crippen molar-refractivity contribution < 1.29 is 5.11 Å². The van der Waals surface area contributed by atoms with Gasteiger partial charge in [-0.3, -0.25) is 0 Å². The van der Waals surface area contributed by atoms with E-state index in [1.54, 1.807) is 34.0 Å². The third-order valence-corrected chi connectivity index (χ3v) is 6.26. The first-order valence-electron chi connectivity index (χ1n) is 4.62. The average molecular weight is 331 g/mol. The third kappa shape index (κ3) is 1.76. The Morgan fingerprint density at radius 3 is 2.81 bits per heavy atom. The smallest absolute Gasteiger partial charge is 0.115 e. The summed E-state index contributed by atoms with van der Waals surface area (Å²) in [5.41, 5.74) is 0.957. The van der Waals surface area contributed by atoms with E-state index >= 15 is 0 Å². The number of halogens is 1. The van der Waals surface area contributed by atoms with Crippen LogP contribution in [-0.2, 0) is 0 Å². The molecule has 0 radical (unpaired) electrons. The largest absolute Gasteiger partial charge is 0.383 e. The normalized spacial score (nSPS) is 13.4. The number of rotatable bonds is 2. The third-order valence-electron chi connectivity index (χ3n) is 2.36. The first kappa shape index (κ1) is 10.9. The van der Waals surface area contributed by atoms with Gasteiger partial charge >= 0.3 is 0 Å². The van der Waals surface area contributed by atoms with Gasteiger partial charge in [0.1, 0.15) is 6.10 Å². The van der Waals surface area contributed by atoms with Crippen LogP contribution in [0.3, 0.4) is 0 Å². The fraction of sp³-hybridized carbons (Fsp3) is 0.0909. The Kier molecular flexibility index (Phi) is 2.89. The Bertz CT molecular complexity index is 593. The van der Waals surface area contributed by atoms with Gasteiger partial charge in [0.15, 0.2) is 0 Å². The molecule has 1 atom stereocenters. The van der Waals surface area contributed by atoms with Crippen LogP contribution in [0.5, 0.6) is 0 Å². The van der Waals surface area contributed by atoms with Gasteiger partial charge in [-0.15, -0.1) is 22.7 Å². The van der Waals surface area contributed by atoms with E-state index in [1.807, 2.05) is 10.8 Å². The predicted molar refractivity (Wildman–Crippen MR) is 75.8 cm³/mol. The molecule has 0 aromatic carbocycles. The molecule has 0 saturated carbocycles. The van der Waals surface area contributed by atoms with Gasteiger partial charge in [-0.05, 0) is 38.8 Å². The van der Waals surface area contributed by atoms with E-state index in [-0.39, 0.29) is 0 Å². The lowest BCUT2D eigenvalue weighted by molar-refractivity contribution is 0.224. The molecule has 1 nitrogen and oxygen atoms in total. The first-order valence-corrected chi connectivity index (χ1v) is 8.05. The zero-order chi connectivity index (χ0) is 11.1. The molecule has 0 amide bonds. The fourth-order valence-electron chi connectivity index (χ4n) is 1.56. The molecule has 1 N–H and O–H groups in total. The Labute approximate surface area is 113 Å². The number of aliphatic hydroxyl groups is 1. The van der Waals surface area contributed by atoms with E-state index in [0.29, 0.717) is 0 Å². The van der Waals surface area contributed by atoms with Crippen LogP contribution in [-0.4, -0.2) is 5.11 Å². The van der Waals surface area contributed by atoms with Crippen molar-refractivity contribution in [1.29, 1.82) is 0 Å². The lowest BCUT2D eigenvalue weighted by Gasteiger charge is -2.06. The minimum absolute atomic E-state index is 0.509. The Balaban J connectivity index is 2.04. The topological polar surface area (TPSA) is 20.2 Å². The zero-order valence-electron chi connectivity index (χ0n) is 8.01. The molecule has 0 aliphatic rings. The van der Waals surface area contributed by atoms with Crippen molar-refractivity contribution in [2.45, 2.75) is 6.10 Å². The standard InChI is InChI=1S/C11H7BrOS3/c12-7-5-14-4-6(7)11(13)10-3-9-8(16-10)1-2-15-9/h1-5,11,13H. The van der Waals surface area contributed by atoms with Crippen LogP contribution in [0.4, 0.5) is 0 Å². The minimum Gasteiger partial charge on any atom is -0.383 e. The van der Waals surface area contributed by atoms with Crippen molar-refractivity contribution in [3.63, 3.8) is 0 Å². The van der Waals surface area contributed by atoms with Gasteiger partial charge in [0, 0.05) is 29.7 Å². The molecule has 0 fully saturated rings. The molecule has 0 aliphatic carbocycles. The number of fused-ring (bicyclic) bond motifs is 1. The molecule has 0 aliphatic heterocycles. The van der Waals surface area contributed by atoms with Gasteiger partial charge in [0.05, 0.1) is 0 Å². The van der Waals surface area contributed by atoms with E-state index in [0.717, 1.165) is 14.9 Å². The molecule has 3 rings (SSSR count). The van der Waals surface area contributed by atoms with Crippen molar-refractivity contribution in [2.75, 3.05) is 0 Å². The van der Waals surface area contributed by atoms with E-state index < -0.39 is 6.10 Å². The predicted octanol–water partition coefficient (Wildman–Crippen LogP) is 4.87. The Morgan fingerprint density at radius 1 is 1.25 bits per heavy atom. The molecule has 3 aromatic rings. The second-order valence-electron chi connectivity index (χ2n) is 3.38. The van der Waals surface area contributed by atoms with Gasteiger partial charge in [-0.1, -0.05) is 0 Å². The maximum atomic E-state index is 10.3. The van der Waals surface area contributed by atoms with E-state index in [2.05, 4.69) is 33.4 Å². The summed E-state index contributed by atoms with van der Waals surface area (Å²) >= 11 is 8.44. The highest BCUT2D eigenvalue weighted by atomic mass is 79.9. The maximum Gasteiger partial charge on any atom is 0.115 e. The summed E-state index contributed by atoms with van der Waals surface area (Å²) in [4.78, 5) is 1.01. The summed E-state index contributed by atoms with van der Waals surface area (Å²) in [6.45, 7) is 0. The molecular weight excluding hydrogens is 324 g/mol. The number of hydrogen-bond donors (Lipinski definition) is 1. The quantitative estimate of drug-likeness (QED) is 0.710. The van der Waals surface area contributed by atoms with Crippen molar-refractivity contribution in [3.05, 3.63) is 43.2 Å². The van der Waals surface area contributed by atoms with E-state index in [9.17, 15) is 5.11 Å². The number of thiophene rings is 3. The highest BCUT2D eigenvalue weighted by Crippen LogP contribution is 2.38. The van der Waals surface area contributed by atoms with Crippen LogP contribution in [0.2, 0.25) is 0 Å². The molecule has 82 valence electrons. The molecule has 0 saturated heterocycles.